The Balaban J connectivity index is 1.29. The molecule has 0 bridgehead atoms. The molecule has 0 spiro atoms. The number of hydrogen-bond acceptors (Lipinski definition) is 6. The molecule has 2 atom stereocenters. The van der Waals surface area contributed by atoms with E-state index < -0.39 is 20.0 Å². The fourth-order valence-corrected chi connectivity index (χ4v) is 10.00. The number of para-hydroxylation sites is 2. The number of benzene rings is 5. The maximum Gasteiger partial charge on any atom is 0.268 e. The quantitative estimate of drug-likeness (QED) is 0.158. The molecule has 8 nitrogen and oxygen atoms in total. The maximum absolute atomic E-state index is 14.3. The second-order valence-corrected chi connectivity index (χ2v) is 16.7. The molecular weight excluding hydrogens is 693 g/mol. The lowest BCUT2D eigenvalue weighted by Crippen LogP contribution is -2.35. The van der Waals surface area contributed by atoms with Crippen LogP contribution < -0.4 is 8.61 Å². The van der Waals surface area contributed by atoms with Crippen LogP contribution in [0, 0.1) is 13.8 Å². The van der Waals surface area contributed by atoms with E-state index in [4.69, 9.17) is 9.47 Å². The lowest BCUT2D eigenvalue weighted by molar-refractivity contribution is 0.101. The van der Waals surface area contributed by atoms with Crippen molar-refractivity contribution in [1.82, 2.24) is 0 Å². The smallest absolute Gasteiger partial charge is 0.268 e. The topological polar surface area (TPSA) is 93.2 Å². The summed E-state index contributed by atoms with van der Waals surface area (Å²) in [6.07, 6.45) is 3.76. The Morgan fingerprint density at radius 2 is 0.865 bits per heavy atom. The number of aryl methyl sites for hydroxylation is 2. The summed E-state index contributed by atoms with van der Waals surface area (Å²) in [7, 11) is -4.68. The molecular formula is C42H40N2O6S2. The van der Waals surface area contributed by atoms with Gasteiger partial charge in [-0.15, -0.1) is 0 Å². The fourth-order valence-electron chi connectivity index (χ4n) is 6.89. The third kappa shape index (κ3) is 6.59. The normalized spacial score (nSPS) is 19.1. The number of anilines is 2. The van der Waals surface area contributed by atoms with Crippen molar-refractivity contribution >= 4 is 43.6 Å². The molecule has 52 heavy (non-hydrogen) atoms. The van der Waals surface area contributed by atoms with Gasteiger partial charge in [0.2, 0.25) is 0 Å². The number of methoxy groups -OCH3 is 2. The van der Waals surface area contributed by atoms with Crippen LogP contribution in [-0.4, -0.2) is 31.1 Å². The Morgan fingerprint density at radius 1 is 0.519 bits per heavy atom. The van der Waals surface area contributed by atoms with Crippen molar-refractivity contribution in [3.05, 3.63) is 166 Å². The minimum absolute atomic E-state index is 0.199. The van der Waals surface area contributed by atoms with Gasteiger partial charge in [-0.25, -0.2) is 25.4 Å². The molecule has 0 saturated carbocycles. The molecule has 0 radical (unpaired) electrons. The van der Waals surface area contributed by atoms with Gasteiger partial charge in [-0.1, -0.05) is 96.1 Å². The highest BCUT2D eigenvalue weighted by Gasteiger charge is 2.38. The Hall–Kier alpha value is -5.00. The van der Waals surface area contributed by atoms with Gasteiger partial charge >= 0.3 is 0 Å². The molecule has 10 heteroatoms. The highest BCUT2D eigenvalue weighted by atomic mass is 32.2. The molecule has 2 aliphatic rings. The van der Waals surface area contributed by atoms with E-state index in [1.54, 1.807) is 74.9 Å². The zero-order valence-corrected chi connectivity index (χ0v) is 31.1. The first-order valence-electron chi connectivity index (χ1n) is 17.0. The summed E-state index contributed by atoms with van der Waals surface area (Å²) in [4.78, 5) is 0.399. The van der Waals surface area contributed by atoms with Crippen molar-refractivity contribution in [2.24, 2.45) is 0 Å². The summed E-state index contributed by atoms with van der Waals surface area (Å²) < 4.78 is 71.7. The van der Waals surface area contributed by atoms with Crippen LogP contribution in [-0.2, 0) is 29.5 Å². The van der Waals surface area contributed by atoms with Crippen molar-refractivity contribution in [3.8, 4) is 0 Å². The molecule has 5 aromatic carbocycles. The molecule has 0 saturated heterocycles. The third-order valence-electron chi connectivity index (χ3n) is 9.61. The first-order chi connectivity index (χ1) is 25.0. The van der Waals surface area contributed by atoms with Crippen LogP contribution in [0.2, 0.25) is 0 Å². The number of sulfonamides is 2. The Kier molecular flexibility index (Phi) is 9.67. The van der Waals surface area contributed by atoms with Gasteiger partial charge in [0, 0.05) is 49.6 Å². The van der Waals surface area contributed by atoms with Gasteiger partial charge in [-0.05, 0) is 73.5 Å². The zero-order chi connectivity index (χ0) is 36.6. The van der Waals surface area contributed by atoms with E-state index in [2.05, 4.69) is 0 Å². The van der Waals surface area contributed by atoms with Gasteiger partial charge in [-0.3, -0.25) is 0 Å². The van der Waals surface area contributed by atoms with Crippen LogP contribution in [0.25, 0.3) is 12.2 Å². The van der Waals surface area contributed by atoms with Crippen LogP contribution in [0.5, 0.6) is 0 Å². The second kappa shape index (κ2) is 14.2. The number of fused-ring (bicyclic) bond motifs is 2. The zero-order valence-electron chi connectivity index (χ0n) is 29.4. The SMILES string of the molecule is COC1C/C(=C\c2ccc(/C=C3\CC(OC)c4ccccc4N3S(=O)(=O)c3ccc(C)cc3)cc2)N(S(=O)(=O)c2ccc(C)cc2)c2ccccc21. The minimum Gasteiger partial charge on any atom is -0.376 e. The van der Waals surface area contributed by atoms with Crippen LogP contribution in [0.3, 0.4) is 0 Å². The fraction of sp³-hybridized carbons (Fsp3) is 0.190. The average Bonchev–Trinajstić information content (AvgIpc) is 3.15. The largest absolute Gasteiger partial charge is 0.376 e. The molecule has 5 aromatic rings. The van der Waals surface area contributed by atoms with E-state index in [0.717, 1.165) is 33.4 Å². The first-order valence-corrected chi connectivity index (χ1v) is 19.9. The second-order valence-electron chi connectivity index (χ2n) is 13.1. The van der Waals surface area contributed by atoms with E-state index in [0.29, 0.717) is 35.6 Å². The van der Waals surface area contributed by atoms with Crippen molar-refractivity contribution < 1.29 is 26.3 Å². The number of ether oxygens (including phenoxy) is 2. The van der Waals surface area contributed by atoms with Crippen LogP contribution in [0.15, 0.2) is 143 Å². The van der Waals surface area contributed by atoms with Crippen LogP contribution >= 0.6 is 0 Å². The van der Waals surface area contributed by atoms with Crippen molar-refractivity contribution in [2.75, 3.05) is 22.8 Å². The molecule has 266 valence electrons. The average molecular weight is 733 g/mol. The summed E-state index contributed by atoms with van der Waals surface area (Å²) >= 11 is 0. The number of nitrogens with zero attached hydrogens (tertiary/aromatic N) is 2. The maximum atomic E-state index is 14.3. The number of rotatable bonds is 8. The van der Waals surface area contributed by atoms with E-state index in [9.17, 15) is 16.8 Å². The summed E-state index contributed by atoms with van der Waals surface area (Å²) in [5, 5.41) is 0. The lowest BCUT2D eigenvalue weighted by Gasteiger charge is -2.36. The van der Waals surface area contributed by atoms with Gasteiger partial charge in [0.25, 0.3) is 20.0 Å². The van der Waals surface area contributed by atoms with Crippen LogP contribution in [0.4, 0.5) is 11.4 Å². The molecule has 0 fully saturated rings. The molecule has 0 aromatic heterocycles. The van der Waals surface area contributed by atoms with E-state index in [-0.39, 0.29) is 22.0 Å². The molecule has 2 aliphatic heterocycles. The standard InChI is InChI=1S/C42H40N2O6S2/c1-29-13-21-35(22-14-29)51(45,46)43-33(27-41(49-3)37-9-5-7-11-39(37)43)25-31-17-19-32(20-18-31)26-34-28-42(50-4)38-10-6-8-12-40(38)44(34)52(47,48)36-23-15-30(2)16-24-36/h5-26,41-42H,27-28H2,1-4H3/b33-25+,34-26+. The summed E-state index contributed by atoms with van der Waals surface area (Å²) in [6.45, 7) is 3.84. The predicted molar refractivity (Wildman–Crippen MR) is 206 cm³/mol. The van der Waals surface area contributed by atoms with Gasteiger partial charge in [-0.2, -0.15) is 0 Å². The summed E-state index contributed by atoms with van der Waals surface area (Å²) in [5.74, 6) is 0. The highest BCUT2D eigenvalue weighted by molar-refractivity contribution is 7.93. The summed E-state index contributed by atoms with van der Waals surface area (Å²) in [6, 6.07) is 36.2. The predicted octanol–water partition coefficient (Wildman–Crippen LogP) is 8.96. The van der Waals surface area contributed by atoms with E-state index >= 15 is 0 Å². The Labute approximate surface area is 306 Å². The molecule has 0 amide bonds. The van der Waals surface area contributed by atoms with Gasteiger partial charge < -0.3 is 9.47 Å². The molecule has 7 rings (SSSR count). The molecule has 2 heterocycles. The summed E-state index contributed by atoms with van der Waals surface area (Å²) in [5.41, 5.74) is 7.33. The highest BCUT2D eigenvalue weighted by Crippen LogP contribution is 2.46. The Morgan fingerprint density at radius 3 is 1.21 bits per heavy atom. The third-order valence-corrected chi connectivity index (χ3v) is 13.2. The monoisotopic (exact) mass is 732 g/mol. The van der Waals surface area contributed by atoms with Gasteiger partial charge in [0.15, 0.2) is 0 Å². The van der Waals surface area contributed by atoms with Gasteiger partial charge in [0.1, 0.15) is 0 Å². The molecule has 0 aliphatic carbocycles. The van der Waals surface area contributed by atoms with Crippen LogP contribution in [0.1, 0.15) is 58.4 Å². The molecule has 2 unspecified atom stereocenters. The van der Waals surface area contributed by atoms with E-state index in [1.165, 1.54) is 8.61 Å². The van der Waals surface area contributed by atoms with Crippen molar-refractivity contribution in [3.63, 3.8) is 0 Å². The van der Waals surface area contributed by atoms with Crippen molar-refractivity contribution in [2.45, 2.75) is 48.7 Å². The first kappa shape index (κ1) is 35.4. The minimum atomic E-state index is -3.97. The van der Waals surface area contributed by atoms with Crippen molar-refractivity contribution in [1.29, 1.82) is 0 Å². The van der Waals surface area contributed by atoms with Gasteiger partial charge in [0.05, 0.1) is 33.4 Å². The molecule has 0 N–H and O–H groups in total. The number of hydrogen-bond donors (Lipinski definition) is 0. The lowest BCUT2D eigenvalue weighted by atomic mass is 9.96. The van der Waals surface area contributed by atoms with E-state index in [1.807, 2.05) is 86.7 Å². The Bertz CT molecular complexity index is 2220.